The van der Waals surface area contributed by atoms with Gasteiger partial charge >= 0.3 is 11.9 Å². The zero-order valence-electron chi connectivity index (χ0n) is 17.0. The van der Waals surface area contributed by atoms with Crippen LogP contribution in [0.1, 0.15) is 46.9 Å². The van der Waals surface area contributed by atoms with Crippen LogP contribution in [0.4, 0.5) is 0 Å². The van der Waals surface area contributed by atoms with Gasteiger partial charge in [0.1, 0.15) is 0 Å². The summed E-state index contributed by atoms with van der Waals surface area (Å²) in [5.74, 6) is -3.30. The first-order valence-corrected chi connectivity index (χ1v) is 10.0. The van der Waals surface area contributed by atoms with Crippen LogP contribution in [0.25, 0.3) is 10.9 Å². The lowest BCUT2D eigenvalue weighted by Gasteiger charge is -2.16. The molecule has 0 amide bonds. The Hall–Kier alpha value is -3.12. The van der Waals surface area contributed by atoms with Crippen LogP contribution in [-0.2, 0) is 19.1 Å². The molecule has 30 heavy (non-hydrogen) atoms. The fourth-order valence-corrected chi connectivity index (χ4v) is 3.47. The highest BCUT2D eigenvalue weighted by Crippen LogP contribution is 2.34. The molecule has 0 fully saturated rings. The molecule has 7 heteroatoms. The zero-order valence-corrected chi connectivity index (χ0v) is 17.7. The highest BCUT2D eigenvalue weighted by atomic mass is 35.5. The third-order valence-electron chi connectivity index (χ3n) is 4.67. The average Bonchev–Trinajstić information content (AvgIpc) is 3.07. The SMILES string of the molecule is CCOC(=O)C(C(=O)OCC)c1c(C(=O)c2ccc(C)cc2)[nH]c2cc(Cl)ccc12. The number of H-pyrrole nitrogens is 1. The van der Waals surface area contributed by atoms with Crippen molar-refractivity contribution in [1.82, 2.24) is 4.98 Å². The number of rotatable bonds is 7. The number of aromatic amines is 1. The topological polar surface area (TPSA) is 85.5 Å². The van der Waals surface area contributed by atoms with Gasteiger partial charge in [0.2, 0.25) is 5.78 Å². The summed E-state index contributed by atoms with van der Waals surface area (Å²) in [6.07, 6.45) is 0. The van der Waals surface area contributed by atoms with Crippen LogP contribution in [0.3, 0.4) is 0 Å². The van der Waals surface area contributed by atoms with E-state index in [0.717, 1.165) is 5.56 Å². The fraction of sp³-hybridized carbons (Fsp3) is 0.261. The van der Waals surface area contributed by atoms with Crippen molar-refractivity contribution < 1.29 is 23.9 Å². The Morgan fingerprint density at radius 3 is 2.13 bits per heavy atom. The minimum atomic E-state index is -1.40. The number of aromatic nitrogens is 1. The van der Waals surface area contributed by atoms with E-state index < -0.39 is 17.9 Å². The minimum Gasteiger partial charge on any atom is -0.465 e. The summed E-state index contributed by atoms with van der Waals surface area (Å²) in [4.78, 5) is 41.9. The van der Waals surface area contributed by atoms with Crippen LogP contribution < -0.4 is 0 Å². The Balaban J connectivity index is 2.25. The fourth-order valence-electron chi connectivity index (χ4n) is 3.30. The number of carbonyl (C=O) groups excluding carboxylic acids is 3. The van der Waals surface area contributed by atoms with Crippen LogP contribution in [0.2, 0.25) is 5.02 Å². The number of aryl methyl sites for hydroxylation is 1. The van der Waals surface area contributed by atoms with Crippen molar-refractivity contribution >= 4 is 40.2 Å². The predicted molar refractivity (Wildman–Crippen MR) is 114 cm³/mol. The van der Waals surface area contributed by atoms with Crippen LogP contribution in [-0.4, -0.2) is 35.9 Å². The molecule has 0 aliphatic rings. The van der Waals surface area contributed by atoms with Crippen molar-refractivity contribution in [3.05, 3.63) is 69.9 Å². The predicted octanol–water partition coefficient (Wildman–Crippen LogP) is 4.57. The van der Waals surface area contributed by atoms with E-state index in [9.17, 15) is 14.4 Å². The van der Waals surface area contributed by atoms with Gasteiger partial charge in [0.15, 0.2) is 5.92 Å². The van der Waals surface area contributed by atoms with Gasteiger partial charge in [0.05, 0.1) is 18.9 Å². The largest absolute Gasteiger partial charge is 0.465 e. The molecule has 1 aromatic heterocycles. The molecule has 156 valence electrons. The van der Waals surface area contributed by atoms with Crippen LogP contribution in [0.15, 0.2) is 42.5 Å². The van der Waals surface area contributed by atoms with Crippen molar-refractivity contribution in [3.63, 3.8) is 0 Å². The number of esters is 2. The zero-order chi connectivity index (χ0) is 21.8. The standard InChI is InChI=1S/C23H22ClNO5/c1-4-29-22(27)19(23(28)30-5-2)18-16-11-10-15(24)12-17(16)25-20(18)21(26)14-8-6-13(3)7-9-14/h6-12,19,25H,4-5H2,1-3H3. The van der Waals surface area contributed by atoms with Crippen molar-refractivity contribution in [2.45, 2.75) is 26.7 Å². The number of benzene rings is 2. The summed E-state index contributed by atoms with van der Waals surface area (Å²) in [7, 11) is 0. The Morgan fingerprint density at radius 2 is 1.57 bits per heavy atom. The first kappa shape index (κ1) is 21.6. The van der Waals surface area contributed by atoms with Gasteiger partial charge < -0.3 is 14.5 Å². The van der Waals surface area contributed by atoms with Gasteiger partial charge in [-0.25, -0.2) is 0 Å². The van der Waals surface area contributed by atoms with Gasteiger partial charge in [-0.3, -0.25) is 14.4 Å². The number of hydrogen-bond acceptors (Lipinski definition) is 5. The molecule has 0 radical (unpaired) electrons. The number of ketones is 1. The quantitative estimate of drug-likeness (QED) is 0.339. The van der Waals surface area contributed by atoms with Gasteiger partial charge in [-0.2, -0.15) is 0 Å². The highest BCUT2D eigenvalue weighted by Gasteiger charge is 2.37. The molecular formula is C23H22ClNO5. The summed E-state index contributed by atoms with van der Waals surface area (Å²) in [5, 5.41) is 0.981. The van der Waals surface area contributed by atoms with Gasteiger partial charge in [-0.1, -0.05) is 47.5 Å². The maximum atomic E-state index is 13.3. The molecular weight excluding hydrogens is 406 g/mol. The minimum absolute atomic E-state index is 0.0875. The van der Waals surface area contributed by atoms with E-state index >= 15 is 0 Å². The van der Waals surface area contributed by atoms with E-state index in [-0.39, 0.29) is 30.3 Å². The van der Waals surface area contributed by atoms with Crippen molar-refractivity contribution in [2.75, 3.05) is 13.2 Å². The summed E-state index contributed by atoms with van der Waals surface area (Å²) in [6.45, 7) is 5.39. The molecule has 6 nitrogen and oxygen atoms in total. The van der Waals surface area contributed by atoms with Crippen molar-refractivity contribution in [1.29, 1.82) is 0 Å². The summed E-state index contributed by atoms with van der Waals surface area (Å²) >= 11 is 6.11. The first-order chi connectivity index (χ1) is 14.4. The van der Waals surface area contributed by atoms with E-state index in [1.54, 1.807) is 44.2 Å². The summed E-state index contributed by atoms with van der Waals surface area (Å²) < 4.78 is 10.3. The second-order valence-electron chi connectivity index (χ2n) is 6.74. The molecule has 0 bridgehead atoms. The van der Waals surface area contributed by atoms with Crippen molar-refractivity contribution in [2.24, 2.45) is 0 Å². The number of nitrogens with one attached hydrogen (secondary N) is 1. The lowest BCUT2D eigenvalue weighted by atomic mass is 9.92. The highest BCUT2D eigenvalue weighted by molar-refractivity contribution is 6.31. The molecule has 1 heterocycles. The van der Waals surface area contributed by atoms with Gasteiger partial charge in [0, 0.05) is 27.1 Å². The lowest BCUT2D eigenvalue weighted by molar-refractivity contribution is -0.156. The molecule has 3 aromatic rings. The maximum absolute atomic E-state index is 13.3. The van der Waals surface area contributed by atoms with Gasteiger partial charge in [-0.15, -0.1) is 0 Å². The van der Waals surface area contributed by atoms with E-state index in [1.807, 2.05) is 19.1 Å². The maximum Gasteiger partial charge on any atom is 0.324 e. The van der Waals surface area contributed by atoms with Crippen LogP contribution >= 0.6 is 11.6 Å². The molecule has 3 rings (SSSR count). The molecule has 2 aromatic carbocycles. The van der Waals surface area contributed by atoms with Crippen LogP contribution in [0, 0.1) is 6.92 Å². The van der Waals surface area contributed by atoms with E-state index in [0.29, 0.717) is 21.5 Å². The average molecular weight is 428 g/mol. The Bertz CT molecular complexity index is 1080. The number of hydrogen-bond donors (Lipinski definition) is 1. The first-order valence-electron chi connectivity index (χ1n) is 9.63. The number of fused-ring (bicyclic) bond motifs is 1. The lowest BCUT2D eigenvalue weighted by Crippen LogP contribution is -2.27. The molecule has 0 aliphatic carbocycles. The van der Waals surface area contributed by atoms with Crippen LogP contribution in [0.5, 0.6) is 0 Å². The molecule has 1 N–H and O–H groups in total. The van der Waals surface area contributed by atoms with Gasteiger partial charge in [-0.05, 0) is 32.9 Å². The molecule has 0 aliphatic heterocycles. The number of carbonyl (C=O) groups is 3. The monoisotopic (exact) mass is 427 g/mol. The third kappa shape index (κ3) is 4.24. The Labute approximate surface area is 179 Å². The third-order valence-corrected chi connectivity index (χ3v) is 4.91. The molecule has 0 atom stereocenters. The molecule has 0 saturated carbocycles. The Kier molecular flexibility index (Phi) is 6.57. The van der Waals surface area contributed by atoms with E-state index in [4.69, 9.17) is 21.1 Å². The molecule has 0 unspecified atom stereocenters. The second-order valence-corrected chi connectivity index (χ2v) is 7.17. The van der Waals surface area contributed by atoms with E-state index in [1.165, 1.54) is 0 Å². The molecule has 0 spiro atoms. The van der Waals surface area contributed by atoms with Crippen molar-refractivity contribution in [3.8, 4) is 0 Å². The molecule has 0 saturated heterocycles. The summed E-state index contributed by atoms with van der Waals surface area (Å²) in [6, 6.07) is 12.0. The smallest absolute Gasteiger partial charge is 0.324 e. The van der Waals surface area contributed by atoms with Gasteiger partial charge in [0.25, 0.3) is 0 Å². The number of halogens is 1. The summed E-state index contributed by atoms with van der Waals surface area (Å²) in [5.41, 5.74) is 2.31. The second kappa shape index (κ2) is 9.13. The Morgan fingerprint density at radius 1 is 0.967 bits per heavy atom. The van der Waals surface area contributed by atoms with E-state index in [2.05, 4.69) is 4.98 Å². The number of ether oxygens (including phenoxy) is 2. The normalized spacial score (nSPS) is 11.0.